The Bertz CT molecular complexity index is 847. The summed E-state index contributed by atoms with van der Waals surface area (Å²) in [6, 6.07) is 5.93. The van der Waals surface area contributed by atoms with Crippen molar-refractivity contribution in [2.75, 3.05) is 31.1 Å². The fraction of sp³-hybridized carbons (Fsp3) is 0.312. The molecule has 0 aliphatic carbocycles. The highest BCUT2D eigenvalue weighted by Crippen LogP contribution is 2.29. The third-order valence-corrected chi connectivity index (χ3v) is 5.15. The number of anilines is 1. The number of aromatic nitrogens is 3. The molecule has 0 atom stereocenters. The second-order valence-electron chi connectivity index (χ2n) is 5.59. The Morgan fingerprint density at radius 1 is 1.13 bits per heavy atom. The summed E-state index contributed by atoms with van der Waals surface area (Å²) in [5.41, 5.74) is 0.636. The van der Waals surface area contributed by atoms with Crippen molar-refractivity contribution in [2.45, 2.75) is 0 Å². The van der Waals surface area contributed by atoms with Gasteiger partial charge in [0.25, 0.3) is 5.91 Å². The van der Waals surface area contributed by atoms with Crippen molar-refractivity contribution in [1.29, 1.82) is 0 Å². The molecule has 1 aliphatic heterocycles. The van der Waals surface area contributed by atoms with Crippen LogP contribution in [-0.4, -0.2) is 51.8 Å². The SMILES string of the molecule is Cn1nccc1C(=O)N1CCN(c2nccc3sccc23)CC1. The molecule has 1 saturated heterocycles. The standard InChI is InChI=1S/C16H17N5OS/c1-19-13(2-6-18-19)16(22)21-9-7-20(8-10-21)15-12-4-11-23-14(12)3-5-17-15/h2-6,11H,7-10H2,1H3. The van der Waals surface area contributed by atoms with Crippen LogP contribution in [0.1, 0.15) is 10.5 Å². The van der Waals surface area contributed by atoms with Gasteiger partial charge in [-0.2, -0.15) is 5.10 Å². The number of rotatable bonds is 2. The first-order valence-electron chi connectivity index (χ1n) is 7.58. The summed E-state index contributed by atoms with van der Waals surface area (Å²) in [6.07, 6.45) is 3.52. The van der Waals surface area contributed by atoms with Crippen LogP contribution in [0.15, 0.2) is 36.0 Å². The molecule has 0 saturated carbocycles. The summed E-state index contributed by atoms with van der Waals surface area (Å²) in [6.45, 7) is 3.00. The molecule has 4 heterocycles. The number of amides is 1. The van der Waals surface area contributed by atoms with E-state index >= 15 is 0 Å². The van der Waals surface area contributed by atoms with E-state index < -0.39 is 0 Å². The fourth-order valence-electron chi connectivity index (χ4n) is 3.00. The van der Waals surface area contributed by atoms with Crippen LogP contribution in [0, 0.1) is 0 Å². The van der Waals surface area contributed by atoms with Gasteiger partial charge in [0, 0.05) is 55.7 Å². The molecule has 1 amide bonds. The van der Waals surface area contributed by atoms with E-state index in [0.717, 1.165) is 18.9 Å². The number of piperazine rings is 1. The summed E-state index contributed by atoms with van der Waals surface area (Å²) in [5, 5.41) is 7.37. The van der Waals surface area contributed by atoms with Crippen LogP contribution in [0.25, 0.3) is 10.1 Å². The lowest BCUT2D eigenvalue weighted by atomic mass is 10.2. The van der Waals surface area contributed by atoms with Gasteiger partial charge in [0.15, 0.2) is 0 Å². The van der Waals surface area contributed by atoms with Crippen molar-refractivity contribution in [3.8, 4) is 0 Å². The van der Waals surface area contributed by atoms with Crippen molar-refractivity contribution in [1.82, 2.24) is 19.7 Å². The number of thiophene rings is 1. The summed E-state index contributed by atoms with van der Waals surface area (Å²) in [4.78, 5) is 21.2. The van der Waals surface area contributed by atoms with Crippen LogP contribution in [0.4, 0.5) is 5.82 Å². The van der Waals surface area contributed by atoms with Crippen molar-refractivity contribution in [2.24, 2.45) is 7.05 Å². The normalized spacial score (nSPS) is 15.3. The molecule has 0 N–H and O–H groups in total. The van der Waals surface area contributed by atoms with Crippen LogP contribution in [0.3, 0.4) is 0 Å². The van der Waals surface area contributed by atoms with Crippen molar-refractivity contribution >= 4 is 33.1 Å². The van der Waals surface area contributed by atoms with Crippen LogP contribution < -0.4 is 4.90 Å². The number of nitrogens with zero attached hydrogens (tertiary/aromatic N) is 5. The van der Waals surface area contributed by atoms with E-state index in [1.165, 1.54) is 10.1 Å². The minimum atomic E-state index is 0.0475. The zero-order valence-electron chi connectivity index (χ0n) is 12.8. The van der Waals surface area contributed by atoms with Gasteiger partial charge in [-0.3, -0.25) is 9.48 Å². The lowest BCUT2D eigenvalue weighted by Gasteiger charge is -2.35. The number of carbonyl (C=O) groups excluding carboxylic acids is 1. The predicted molar refractivity (Wildman–Crippen MR) is 90.9 cm³/mol. The van der Waals surface area contributed by atoms with Gasteiger partial charge in [0.2, 0.25) is 0 Å². The Hall–Kier alpha value is -2.41. The largest absolute Gasteiger partial charge is 0.353 e. The Morgan fingerprint density at radius 3 is 2.70 bits per heavy atom. The molecular weight excluding hydrogens is 310 g/mol. The average Bonchev–Trinajstić information content (AvgIpc) is 3.22. The average molecular weight is 327 g/mol. The number of hydrogen-bond donors (Lipinski definition) is 0. The molecule has 0 unspecified atom stereocenters. The molecule has 3 aromatic rings. The number of pyridine rings is 1. The molecule has 118 valence electrons. The van der Waals surface area contributed by atoms with E-state index in [9.17, 15) is 4.79 Å². The van der Waals surface area contributed by atoms with Gasteiger partial charge >= 0.3 is 0 Å². The second kappa shape index (κ2) is 5.66. The van der Waals surface area contributed by atoms with Gasteiger partial charge in [-0.15, -0.1) is 11.3 Å². The van der Waals surface area contributed by atoms with E-state index in [1.54, 1.807) is 35.3 Å². The summed E-state index contributed by atoms with van der Waals surface area (Å²) in [7, 11) is 1.80. The molecule has 1 fully saturated rings. The molecule has 0 bridgehead atoms. The molecule has 7 heteroatoms. The van der Waals surface area contributed by atoms with Crippen molar-refractivity contribution in [3.05, 3.63) is 41.7 Å². The highest BCUT2D eigenvalue weighted by atomic mass is 32.1. The van der Waals surface area contributed by atoms with Gasteiger partial charge in [-0.1, -0.05) is 0 Å². The fourth-order valence-corrected chi connectivity index (χ4v) is 3.78. The van der Waals surface area contributed by atoms with E-state index in [0.29, 0.717) is 18.8 Å². The van der Waals surface area contributed by atoms with E-state index in [4.69, 9.17) is 0 Å². The molecule has 0 spiro atoms. The molecule has 4 rings (SSSR count). The van der Waals surface area contributed by atoms with Gasteiger partial charge < -0.3 is 9.80 Å². The third kappa shape index (κ3) is 2.46. The van der Waals surface area contributed by atoms with E-state index in [-0.39, 0.29) is 5.91 Å². The zero-order valence-corrected chi connectivity index (χ0v) is 13.7. The zero-order chi connectivity index (χ0) is 15.8. The molecule has 3 aromatic heterocycles. The first-order chi connectivity index (χ1) is 11.2. The maximum absolute atomic E-state index is 12.5. The smallest absolute Gasteiger partial charge is 0.272 e. The van der Waals surface area contributed by atoms with Gasteiger partial charge in [0.05, 0.1) is 0 Å². The molecule has 0 aromatic carbocycles. The number of fused-ring (bicyclic) bond motifs is 1. The molecule has 23 heavy (non-hydrogen) atoms. The second-order valence-corrected chi connectivity index (χ2v) is 6.53. The quantitative estimate of drug-likeness (QED) is 0.722. The first-order valence-corrected chi connectivity index (χ1v) is 8.46. The lowest BCUT2D eigenvalue weighted by Crippen LogP contribution is -2.49. The van der Waals surface area contributed by atoms with E-state index in [1.807, 2.05) is 17.2 Å². The third-order valence-electron chi connectivity index (χ3n) is 4.27. The minimum absolute atomic E-state index is 0.0475. The number of carbonyl (C=O) groups is 1. The van der Waals surface area contributed by atoms with E-state index in [2.05, 4.69) is 26.4 Å². The highest BCUT2D eigenvalue weighted by molar-refractivity contribution is 7.17. The number of aryl methyl sites for hydroxylation is 1. The molecule has 0 radical (unpaired) electrons. The topological polar surface area (TPSA) is 54.3 Å². The Morgan fingerprint density at radius 2 is 1.96 bits per heavy atom. The summed E-state index contributed by atoms with van der Waals surface area (Å²) < 4.78 is 2.88. The van der Waals surface area contributed by atoms with Crippen LogP contribution in [0.5, 0.6) is 0 Å². The lowest BCUT2D eigenvalue weighted by molar-refractivity contribution is 0.0735. The monoisotopic (exact) mass is 327 g/mol. The van der Waals surface area contributed by atoms with Gasteiger partial charge in [-0.25, -0.2) is 4.98 Å². The minimum Gasteiger partial charge on any atom is -0.353 e. The maximum atomic E-state index is 12.5. The van der Waals surface area contributed by atoms with Gasteiger partial charge in [0.1, 0.15) is 11.5 Å². The Kier molecular flexibility index (Phi) is 3.49. The van der Waals surface area contributed by atoms with Crippen LogP contribution in [-0.2, 0) is 7.05 Å². The van der Waals surface area contributed by atoms with Gasteiger partial charge in [-0.05, 0) is 23.6 Å². The van der Waals surface area contributed by atoms with Crippen molar-refractivity contribution in [3.63, 3.8) is 0 Å². The molecule has 6 nitrogen and oxygen atoms in total. The highest BCUT2D eigenvalue weighted by Gasteiger charge is 2.25. The van der Waals surface area contributed by atoms with Crippen LogP contribution in [0.2, 0.25) is 0 Å². The Balaban J connectivity index is 1.50. The summed E-state index contributed by atoms with van der Waals surface area (Å²) >= 11 is 1.73. The summed E-state index contributed by atoms with van der Waals surface area (Å²) in [5.74, 6) is 1.07. The first kappa shape index (κ1) is 14.2. The van der Waals surface area contributed by atoms with Crippen LogP contribution >= 0.6 is 11.3 Å². The van der Waals surface area contributed by atoms with Crippen molar-refractivity contribution < 1.29 is 4.79 Å². The number of hydrogen-bond acceptors (Lipinski definition) is 5. The molecular formula is C16H17N5OS. The molecule has 1 aliphatic rings. The maximum Gasteiger partial charge on any atom is 0.272 e. The Labute approximate surface area is 138 Å². The predicted octanol–water partition coefficient (Wildman–Crippen LogP) is 1.99.